The first kappa shape index (κ1) is 50.1. The Morgan fingerprint density at radius 3 is 1.08 bits per heavy atom. The molecule has 0 fully saturated rings. The highest BCUT2D eigenvalue weighted by atomic mass is 16.3. The Balaban J connectivity index is 3.60. The van der Waals surface area contributed by atoms with Crippen LogP contribution in [-0.2, 0) is 4.79 Å². The molecular formula is C46H91NO4. The average molecular weight is 722 g/mol. The monoisotopic (exact) mass is 722 g/mol. The van der Waals surface area contributed by atoms with Crippen molar-refractivity contribution in [1.29, 1.82) is 0 Å². The quantitative estimate of drug-likeness (QED) is 0.0373. The average Bonchev–Trinajstić information content (AvgIpc) is 3.13. The summed E-state index contributed by atoms with van der Waals surface area (Å²) in [5, 5.41) is 33.2. The zero-order chi connectivity index (χ0) is 37.3. The van der Waals surface area contributed by atoms with E-state index in [1.807, 2.05) is 6.08 Å². The number of unbranched alkanes of at least 4 members (excludes halogenated alkanes) is 34. The molecular weight excluding hydrogens is 631 g/mol. The van der Waals surface area contributed by atoms with Crippen molar-refractivity contribution in [2.24, 2.45) is 0 Å². The summed E-state index contributed by atoms with van der Waals surface area (Å²) in [6.45, 7) is 4.20. The summed E-state index contributed by atoms with van der Waals surface area (Å²) in [4.78, 5) is 12.5. The second kappa shape index (κ2) is 41.8. The third-order valence-electron chi connectivity index (χ3n) is 10.9. The number of carbonyl (C=O) groups is 1. The fourth-order valence-electron chi connectivity index (χ4n) is 7.25. The third-order valence-corrected chi connectivity index (χ3v) is 10.9. The zero-order valence-electron chi connectivity index (χ0n) is 34.5. The molecule has 0 aliphatic rings. The number of hydrogen-bond donors (Lipinski definition) is 4. The van der Waals surface area contributed by atoms with Gasteiger partial charge in [-0.15, -0.1) is 0 Å². The summed E-state index contributed by atoms with van der Waals surface area (Å²) in [6.07, 6.45) is 49.6. The number of allylic oxidation sites excluding steroid dienone is 1. The Kier molecular flexibility index (Phi) is 41.1. The number of carbonyl (C=O) groups excluding carboxylic acids is 1. The van der Waals surface area contributed by atoms with E-state index in [4.69, 9.17) is 0 Å². The fourth-order valence-corrected chi connectivity index (χ4v) is 7.25. The molecule has 0 spiro atoms. The molecule has 5 heteroatoms. The van der Waals surface area contributed by atoms with Crippen molar-refractivity contribution in [3.8, 4) is 0 Å². The number of aliphatic hydroxyl groups is 3. The van der Waals surface area contributed by atoms with Gasteiger partial charge in [-0.1, -0.05) is 244 Å². The summed E-state index contributed by atoms with van der Waals surface area (Å²) in [6, 6.07) is -0.792. The Morgan fingerprint density at radius 2 is 0.765 bits per heavy atom. The third kappa shape index (κ3) is 37.2. The van der Waals surface area contributed by atoms with Crippen molar-refractivity contribution in [2.45, 2.75) is 270 Å². The maximum absolute atomic E-state index is 12.5. The Hall–Kier alpha value is -0.910. The lowest BCUT2D eigenvalue weighted by atomic mass is 10.0. The summed E-state index contributed by atoms with van der Waals surface area (Å²) in [7, 11) is 0. The van der Waals surface area contributed by atoms with E-state index in [1.54, 1.807) is 6.08 Å². The fraction of sp³-hybridized carbons (Fsp3) is 0.935. The van der Waals surface area contributed by atoms with E-state index >= 15 is 0 Å². The van der Waals surface area contributed by atoms with Crippen LogP contribution in [0.4, 0.5) is 0 Å². The number of amides is 1. The molecule has 0 heterocycles. The second-order valence-corrected chi connectivity index (χ2v) is 16.0. The van der Waals surface area contributed by atoms with E-state index in [-0.39, 0.29) is 6.61 Å². The van der Waals surface area contributed by atoms with E-state index in [0.29, 0.717) is 6.42 Å². The number of aliphatic hydroxyl groups excluding tert-OH is 3. The predicted molar refractivity (Wildman–Crippen MR) is 222 cm³/mol. The van der Waals surface area contributed by atoms with Crippen LogP contribution < -0.4 is 5.32 Å². The van der Waals surface area contributed by atoms with Crippen LogP contribution in [-0.4, -0.2) is 46.1 Å². The Morgan fingerprint density at radius 1 is 0.471 bits per heavy atom. The van der Waals surface area contributed by atoms with Crippen LogP contribution in [0.1, 0.15) is 251 Å². The van der Waals surface area contributed by atoms with Crippen LogP contribution in [0.15, 0.2) is 12.2 Å². The van der Waals surface area contributed by atoms with E-state index < -0.39 is 24.2 Å². The van der Waals surface area contributed by atoms with Crippen LogP contribution >= 0.6 is 0 Å². The lowest BCUT2D eigenvalue weighted by Gasteiger charge is -2.21. The predicted octanol–water partition coefficient (Wildman–Crippen LogP) is 13.2. The van der Waals surface area contributed by atoms with Crippen molar-refractivity contribution in [2.75, 3.05) is 6.61 Å². The van der Waals surface area contributed by atoms with Crippen molar-refractivity contribution in [3.63, 3.8) is 0 Å². The van der Waals surface area contributed by atoms with Crippen LogP contribution in [0.3, 0.4) is 0 Å². The van der Waals surface area contributed by atoms with Gasteiger partial charge in [0.2, 0.25) is 5.91 Å². The lowest BCUT2D eigenvalue weighted by Crippen LogP contribution is -2.48. The first-order valence-electron chi connectivity index (χ1n) is 23.0. The first-order chi connectivity index (χ1) is 25.1. The molecule has 0 saturated heterocycles. The molecule has 0 bridgehead atoms. The van der Waals surface area contributed by atoms with Crippen LogP contribution in [0, 0.1) is 0 Å². The molecule has 3 atom stereocenters. The number of rotatable bonds is 42. The minimum atomic E-state index is -1.09. The van der Waals surface area contributed by atoms with Crippen LogP contribution in [0.25, 0.3) is 0 Å². The molecule has 0 radical (unpaired) electrons. The van der Waals surface area contributed by atoms with Gasteiger partial charge in [-0.3, -0.25) is 4.79 Å². The van der Waals surface area contributed by atoms with Gasteiger partial charge in [0.25, 0.3) is 0 Å². The van der Waals surface area contributed by atoms with Crippen LogP contribution in [0.5, 0.6) is 0 Å². The van der Waals surface area contributed by atoms with Gasteiger partial charge in [0.15, 0.2) is 0 Å². The highest BCUT2D eigenvalue weighted by Gasteiger charge is 2.22. The number of nitrogens with one attached hydrogen (secondary N) is 1. The van der Waals surface area contributed by atoms with Crippen molar-refractivity contribution in [1.82, 2.24) is 5.32 Å². The molecule has 0 aliphatic carbocycles. The smallest absolute Gasteiger partial charge is 0.249 e. The second-order valence-electron chi connectivity index (χ2n) is 16.0. The summed E-state index contributed by atoms with van der Waals surface area (Å²) in [5.41, 5.74) is 0. The molecule has 4 N–H and O–H groups in total. The summed E-state index contributed by atoms with van der Waals surface area (Å²) in [5.74, 6) is -0.499. The lowest BCUT2D eigenvalue weighted by molar-refractivity contribution is -0.131. The largest absolute Gasteiger partial charge is 0.394 e. The standard InChI is InChI=1S/C46H91NO4/c1-3-5-7-9-11-13-15-17-19-20-21-22-23-24-25-27-29-31-33-35-37-39-41-45(50)46(51)47-43(42-48)44(49)40-38-36-34-32-30-28-26-18-16-14-12-10-8-6-4-2/h38,40,43-45,48-50H,3-37,39,41-42H2,1-2H3,(H,47,51)/b40-38+. The minimum Gasteiger partial charge on any atom is -0.394 e. The molecule has 0 saturated carbocycles. The van der Waals surface area contributed by atoms with Gasteiger partial charge in [0.05, 0.1) is 18.8 Å². The molecule has 0 rings (SSSR count). The maximum atomic E-state index is 12.5. The van der Waals surface area contributed by atoms with Gasteiger partial charge in [-0.05, 0) is 19.3 Å². The van der Waals surface area contributed by atoms with Gasteiger partial charge in [0, 0.05) is 0 Å². The van der Waals surface area contributed by atoms with Gasteiger partial charge < -0.3 is 20.6 Å². The summed E-state index contributed by atoms with van der Waals surface area (Å²) >= 11 is 0. The Labute approximate surface area is 319 Å². The molecule has 304 valence electrons. The van der Waals surface area contributed by atoms with E-state index in [9.17, 15) is 20.1 Å². The highest BCUT2D eigenvalue weighted by Crippen LogP contribution is 2.17. The highest BCUT2D eigenvalue weighted by molar-refractivity contribution is 5.80. The van der Waals surface area contributed by atoms with Crippen molar-refractivity contribution < 1.29 is 20.1 Å². The molecule has 51 heavy (non-hydrogen) atoms. The molecule has 3 unspecified atom stereocenters. The van der Waals surface area contributed by atoms with Crippen LogP contribution in [0.2, 0.25) is 0 Å². The minimum absolute atomic E-state index is 0.359. The molecule has 0 aromatic heterocycles. The SMILES string of the molecule is CCCCCCCCCCCCCCC/C=C/C(O)C(CO)NC(=O)C(O)CCCCCCCCCCCCCCCCCCCCCCCC. The zero-order valence-corrected chi connectivity index (χ0v) is 34.5. The van der Waals surface area contributed by atoms with Crippen molar-refractivity contribution in [3.05, 3.63) is 12.2 Å². The topological polar surface area (TPSA) is 89.8 Å². The molecule has 1 amide bonds. The van der Waals surface area contributed by atoms with E-state index in [2.05, 4.69) is 19.2 Å². The Bertz CT molecular complexity index is 713. The maximum Gasteiger partial charge on any atom is 0.249 e. The molecule has 0 aliphatic heterocycles. The first-order valence-corrected chi connectivity index (χ1v) is 23.0. The van der Waals surface area contributed by atoms with Gasteiger partial charge in [-0.2, -0.15) is 0 Å². The van der Waals surface area contributed by atoms with Gasteiger partial charge in [0.1, 0.15) is 6.10 Å². The number of hydrogen-bond acceptors (Lipinski definition) is 4. The molecule has 0 aromatic rings. The van der Waals surface area contributed by atoms with Gasteiger partial charge >= 0.3 is 0 Å². The summed E-state index contributed by atoms with van der Waals surface area (Å²) < 4.78 is 0. The molecule has 0 aromatic carbocycles. The van der Waals surface area contributed by atoms with E-state index in [1.165, 1.54) is 199 Å². The normalized spacial score (nSPS) is 13.6. The molecule has 5 nitrogen and oxygen atoms in total. The van der Waals surface area contributed by atoms with E-state index in [0.717, 1.165) is 32.1 Å². The van der Waals surface area contributed by atoms with Crippen molar-refractivity contribution >= 4 is 5.91 Å². The van der Waals surface area contributed by atoms with Gasteiger partial charge in [-0.25, -0.2) is 0 Å².